The van der Waals surface area contributed by atoms with Crippen LogP contribution in [-0.4, -0.2) is 43.3 Å². The second-order valence-corrected chi connectivity index (χ2v) is 6.05. The summed E-state index contributed by atoms with van der Waals surface area (Å²) in [7, 11) is 0. The Bertz CT molecular complexity index is 589. The molecule has 1 aromatic carbocycles. The van der Waals surface area contributed by atoms with Crippen LogP contribution >= 0.6 is 0 Å². The molecule has 7 heteroatoms. The lowest BCUT2D eigenvalue weighted by Crippen LogP contribution is -3.21. The minimum Gasteiger partial charge on any atom is -0.378 e. The molecule has 0 aromatic heterocycles. The Labute approximate surface area is 129 Å². The molecule has 0 saturated carbocycles. The molecule has 2 rings (SSSR count). The van der Waals surface area contributed by atoms with Crippen LogP contribution in [0.5, 0.6) is 0 Å². The van der Waals surface area contributed by atoms with E-state index in [1.807, 2.05) is 6.07 Å². The van der Waals surface area contributed by atoms with E-state index >= 15 is 0 Å². The molecule has 0 aliphatic carbocycles. The average Bonchev–Trinajstić information content (AvgIpc) is 2.53. The number of rotatable bonds is 5. The maximum Gasteiger partial charge on any atom is 0.270 e. The lowest BCUT2D eigenvalue weighted by Gasteiger charge is -2.37. The molecule has 1 heterocycles. The van der Waals surface area contributed by atoms with E-state index < -0.39 is 4.92 Å². The highest BCUT2D eigenvalue weighted by molar-refractivity contribution is 5.61. The predicted octanol–water partition coefficient (Wildman–Crippen LogP) is 0.572. The van der Waals surface area contributed by atoms with E-state index in [9.17, 15) is 10.1 Å². The number of non-ortho nitro benzene ring substituents is 1. The van der Waals surface area contributed by atoms with Crippen molar-refractivity contribution >= 4 is 11.4 Å². The first-order chi connectivity index (χ1) is 10.4. The Morgan fingerprint density at radius 1 is 1.45 bits per heavy atom. The number of nitro benzene ring substituents is 1. The van der Waals surface area contributed by atoms with E-state index in [1.165, 1.54) is 17.0 Å². The summed E-state index contributed by atoms with van der Waals surface area (Å²) in [5.41, 5.74) is 0.842. The Kier molecular flexibility index (Phi) is 4.96. The summed E-state index contributed by atoms with van der Waals surface area (Å²) in [6, 6.07) is 6.33. The van der Waals surface area contributed by atoms with Crippen LogP contribution < -0.4 is 10.2 Å². The molecule has 1 saturated heterocycles. The van der Waals surface area contributed by atoms with Crippen molar-refractivity contribution in [3.05, 3.63) is 33.9 Å². The molecule has 1 aliphatic rings. The minimum atomic E-state index is -0.494. The van der Waals surface area contributed by atoms with E-state index in [4.69, 9.17) is 10.00 Å². The number of nitrogens with zero attached hydrogens (tertiary/aromatic N) is 2. The van der Waals surface area contributed by atoms with Crippen LogP contribution in [0.2, 0.25) is 0 Å². The smallest absolute Gasteiger partial charge is 0.270 e. The molecule has 0 atom stereocenters. The molecule has 0 bridgehead atoms. The summed E-state index contributed by atoms with van der Waals surface area (Å²) in [6.07, 6.45) is 0. The molecular weight excluding hydrogens is 284 g/mol. The first kappa shape index (κ1) is 16.2. The van der Waals surface area contributed by atoms with Gasteiger partial charge in [0, 0.05) is 12.1 Å². The number of nitriles is 1. The number of anilines is 1. The van der Waals surface area contributed by atoms with Gasteiger partial charge in [0.25, 0.3) is 5.69 Å². The van der Waals surface area contributed by atoms with Gasteiger partial charge in [-0.3, -0.25) is 10.1 Å². The van der Waals surface area contributed by atoms with Gasteiger partial charge in [-0.2, -0.15) is 5.26 Å². The maximum absolute atomic E-state index is 10.8. The molecule has 0 amide bonds. The van der Waals surface area contributed by atoms with Gasteiger partial charge in [0.15, 0.2) is 0 Å². The highest BCUT2D eigenvalue weighted by Gasteiger charge is 2.32. The first-order valence-corrected chi connectivity index (χ1v) is 7.29. The van der Waals surface area contributed by atoms with Crippen LogP contribution in [0.3, 0.4) is 0 Å². The lowest BCUT2D eigenvalue weighted by molar-refractivity contribution is -0.953. The summed E-state index contributed by atoms with van der Waals surface area (Å²) in [5.74, 6) is 0. The summed E-state index contributed by atoms with van der Waals surface area (Å²) in [4.78, 5) is 11.7. The lowest BCUT2D eigenvalue weighted by atomic mass is 10.0. The molecule has 0 radical (unpaired) electrons. The number of morpholine rings is 1. The third-order valence-corrected chi connectivity index (χ3v) is 4.11. The van der Waals surface area contributed by atoms with Crippen molar-refractivity contribution in [3.8, 4) is 6.07 Å². The van der Waals surface area contributed by atoms with Crippen molar-refractivity contribution in [3.63, 3.8) is 0 Å². The fraction of sp³-hybridized carbons (Fsp3) is 0.533. The van der Waals surface area contributed by atoms with Gasteiger partial charge in [-0.25, -0.2) is 0 Å². The number of hydrogen-bond acceptors (Lipinski definition) is 5. The Hall–Kier alpha value is -2.17. The van der Waals surface area contributed by atoms with Gasteiger partial charge in [0.1, 0.15) is 24.7 Å². The van der Waals surface area contributed by atoms with Crippen molar-refractivity contribution < 1.29 is 14.6 Å². The fourth-order valence-corrected chi connectivity index (χ4v) is 2.63. The second kappa shape index (κ2) is 6.73. The molecular formula is C15H21N4O3+. The number of ether oxygens (including phenoxy) is 1. The van der Waals surface area contributed by atoms with Gasteiger partial charge >= 0.3 is 0 Å². The van der Waals surface area contributed by atoms with E-state index in [0.717, 1.165) is 26.3 Å². The summed E-state index contributed by atoms with van der Waals surface area (Å²) < 4.78 is 5.38. The minimum absolute atomic E-state index is 0.0156. The van der Waals surface area contributed by atoms with Gasteiger partial charge in [0.05, 0.1) is 35.9 Å². The zero-order chi connectivity index (χ0) is 16.2. The molecule has 0 unspecified atom stereocenters. The van der Waals surface area contributed by atoms with Crippen molar-refractivity contribution in [1.29, 1.82) is 5.26 Å². The van der Waals surface area contributed by atoms with Crippen molar-refractivity contribution in [2.24, 2.45) is 0 Å². The predicted molar refractivity (Wildman–Crippen MR) is 81.9 cm³/mol. The quantitative estimate of drug-likeness (QED) is 0.613. The summed E-state index contributed by atoms with van der Waals surface area (Å²) >= 11 is 0. The second-order valence-electron chi connectivity index (χ2n) is 6.05. The molecule has 2 N–H and O–H groups in total. The zero-order valence-electron chi connectivity index (χ0n) is 12.9. The van der Waals surface area contributed by atoms with Crippen LogP contribution in [0.25, 0.3) is 0 Å². The number of nitro groups is 1. The van der Waals surface area contributed by atoms with Crippen molar-refractivity contribution in [2.45, 2.75) is 19.4 Å². The summed E-state index contributed by atoms with van der Waals surface area (Å²) in [6.45, 7) is 8.45. The largest absolute Gasteiger partial charge is 0.378 e. The van der Waals surface area contributed by atoms with Crippen molar-refractivity contribution in [2.75, 3.05) is 38.2 Å². The number of benzene rings is 1. The first-order valence-electron chi connectivity index (χ1n) is 7.29. The standard InChI is InChI=1S/C15H20N4O3/c1-15(2,18-5-7-22-8-6-18)11-17-14-4-3-13(19(20)21)9-12(14)10-16/h3-4,9,17H,5-8,11H2,1-2H3/p+1. The Morgan fingerprint density at radius 3 is 2.73 bits per heavy atom. The molecule has 1 aromatic rings. The van der Waals surface area contributed by atoms with Crippen molar-refractivity contribution in [1.82, 2.24) is 0 Å². The molecule has 1 fully saturated rings. The molecule has 1 aliphatic heterocycles. The molecule has 118 valence electrons. The van der Waals surface area contributed by atoms with Crippen LogP contribution in [0.4, 0.5) is 11.4 Å². The van der Waals surface area contributed by atoms with Gasteiger partial charge in [0.2, 0.25) is 0 Å². The number of quaternary nitrogens is 1. The molecule has 7 nitrogen and oxygen atoms in total. The fourth-order valence-electron chi connectivity index (χ4n) is 2.63. The van der Waals surface area contributed by atoms with Gasteiger partial charge in [-0.1, -0.05) is 0 Å². The average molecular weight is 305 g/mol. The molecule has 22 heavy (non-hydrogen) atoms. The highest BCUT2D eigenvalue weighted by Crippen LogP contribution is 2.21. The van der Waals surface area contributed by atoms with Gasteiger partial charge < -0.3 is 15.0 Å². The van der Waals surface area contributed by atoms with Crippen LogP contribution in [-0.2, 0) is 4.74 Å². The van der Waals surface area contributed by atoms with Crippen LogP contribution in [0.15, 0.2) is 18.2 Å². The summed E-state index contributed by atoms with van der Waals surface area (Å²) in [5, 5.41) is 23.2. The van der Waals surface area contributed by atoms with E-state index in [1.54, 1.807) is 6.07 Å². The Balaban J connectivity index is 2.07. The van der Waals surface area contributed by atoms with Crippen LogP contribution in [0, 0.1) is 21.4 Å². The Morgan fingerprint density at radius 2 is 2.14 bits per heavy atom. The number of nitrogens with one attached hydrogen (secondary N) is 2. The maximum atomic E-state index is 10.8. The zero-order valence-corrected chi connectivity index (χ0v) is 12.9. The third kappa shape index (κ3) is 3.72. The van der Waals surface area contributed by atoms with E-state index in [2.05, 4.69) is 19.2 Å². The van der Waals surface area contributed by atoms with E-state index in [0.29, 0.717) is 17.8 Å². The topological polar surface area (TPSA) is 92.6 Å². The number of hydrogen-bond donors (Lipinski definition) is 2. The highest BCUT2D eigenvalue weighted by atomic mass is 16.6. The SMILES string of the molecule is CC(C)(CNc1ccc([N+](=O)[O-])cc1C#N)[NH+]1CCOCC1. The van der Waals surface area contributed by atoms with E-state index in [-0.39, 0.29) is 11.2 Å². The normalized spacial score (nSPS) is 16.0. The third-order valence-electron chi connectivity index (χ3n) is 4.11. The van der Waals surface area contributed by atoms with Gasteiger partial charge in [-0.15, -0.1) is 0 Å². The van der Waals surface area contributed by atoms with Crippen LogP contribution in [0.1, 0.15) is 19.4 Å². The van der Waals surface area contributed by atoms with Gasteiger partial charge in [-0.05, 0) is 19.9 Å². The monoisotopic (exact) mass is 305 g/mol. The molecule has 0 spiro atoms.